The molecule has 3 heterocycles. The first-order chi connectivity index (χ1) is 23.2. The van der Waals surface area contributed by atoms with Gasteiger partial charge in [0.15, 0.2) is 0 Å². The maximum Gasteiger partial charge on any atom is 0.254 e. The molecule has 6 rings (SSSR count). The van der Waals surface area contributed by atoms with Gasteiger partial charge in [0.2, 0.25) is 11.8 Å². The Balaban J connectivity index is 1.31. The summed E-state index contributed by atoms with van der Waals surface area (Å²) in [5, 5.41) is 3.03. The van der Waals surface area contributed by atoms with Crippen LogP contribution >= 0.6 is 0 Å². The van der Waals surface area contributed by atoms with E-state index >= 15 is 0 Å². The summed E-state index contributed by atoms with van der Waals surface area (Å²) >= 11 is 0. The average Bonchev–Trinajstić information content (AvgIpc) is 3.76. The zero-order valence-electron chi connectivity index (χ0n) is 27.8. The fraction of sp³-hybridized carbons (Fsp3) is 0.556. The molecule has 4 aliphatic rings. The van der Waals surface area contributed by atoms with Crippen LogP contribution in [-0.2, 0) is 25.7 Å². The average molecular weight is 665 g/mol. The van der Waals surface area contributed by atoms with Crippen molar-refractivity contribution in [3.63, 3.8) is 0 Å². The van der Waals surface area contributed by atoms with Gasteiger partial charge in [0.1, 0.15) is 17.3 Å². The number of nitrogens with one attached hydrogen (secondary N) is 1. The van der Waals surface area contributed by atoms with Crippen molar-refractivity contribution in [3.05, 3.63) is 58.9 Å². The van der Waals surface area contributed by atoms with E-state index in [4.69, 9.17) is 14.2 Å². The number of piperidine rings is 1. The van der Waals surface area contributed by atoms with Gasteiger partial charge in [-0.25, -0.2) is 4.39 Å². The zero-order chi connectivity index (χ0) is 33.8. The third kappa shape index (κ3) is 7.81. The van der Waals surface area contributed by atoms with Crippen LogP contribution in [0.3, 0.4) is 0 Å². The van der Waals surface area contributed by atoms with Crippen molar-refractivity contribution in [2.24, 2.45) is 5.92 Å². The predicted octanol–water partition coefficient (Wildman–Crippen LogP) is 4.14. The summed E-state index contributed by atoms with van der Waals surface area (Å²) in [6.07, 6.45) is 5.34. The Labute approximate surface area is 280 Å². The van der Waals surface area contributed by atoms with Crippen LogP contribution in [0.1, 0.15) is 78.1 Å². The number of hydrogen-bond donors (Lipinski definition) is 1. The lowest BCUT2D eigenvalue weighted by molar-refractivity contribution is -0.135. The maximum absolute atomic E-state index is 14.9. The molecular formula is C36H45FN4O7. The van der Waals surface area contributed by atoms with Gasteiger partial charge in [0.25, 0.3) is 11.8 Å². The number of nitrogens with zero attached hydrogens (tertiary/aromatic N) is 3. The quantitative estimate of drug-likeness (QED) is 0.511. The number of ether oxygens (including phenoxy) is 3. The number of rotatable bonds is 5. The molecule has 2 saturated heterocycles. The second-order valence-corrected chi connectivity index (χ2v) is 13.3. The molecule has 4 bridgehead atoms. The maximum atomic E-state index is 14.9. The lowest BCUT2D eigenvalue weighted by Crippen LogP contribution is -2.49. The number of fused-ring (bicyclic) bond motifs is 5. The van der Waals surface area contributed by atoms with Crippen LogP contribution in [0, 0.1) is 11.7 Å². The molecule has 3 aliphatic heterocycles. The topological polar surface area (TPSA) is 118 Å². The van der Waals surface area contributed by atoms with Crippen molar-refractivity contribution >= 4 is 23.6 Å². The third-order valence-electron chi connectivity index (χ3n) is 9.84. The summed E-state index contributed by atoms with van der Waals surface area (Å²) in [6, 6.07) is 8.34. The molecule has 258 valence electrons. The summed E-state index contributed by atoms with van der Waals surface area (Å²) in [7, 11) is 1.66. The van der Waals surface area contributed by atoms with E-state index in [-0.39, 0.29) is 65.5 Å². The van der Waals surface area contributed by atoms with Gasteiger partial charge >= 0.3 is 0 Å². The number of amides is 4. The molecule has 4 amide bonds. The van der Waals surface area contributed by atoms with E-state index in [9.17, 15) is 23.6 Å². The van der Waals surface area contributed by atoms with Gasteiger partial charge in [0, 0.05) is 62.9 Å². The van der Waals surface area contributed by atoms with Crippen molar-refractivity contribution in [3.8, 4) is 11.5 Å². The summed E-state index contributed by atoms with van der Waals surface area (Å²) in [5.41, 5.74) is 0.943. The van der Waals surface area contributed by atoms with Gasteiger partial charge in [-0.2, -0.15) is 0 Å². The highest BCUT2D eigenvalue weighted by molar-refractivity contribution is 6.01. The molecular weight excluding hydrogens is 619 g/mol. The fourth-order valence-corrected chi connectivity index (χ4v) is 7.31. The van der Waals surface area contributed by atoms with Crippen molar-refractivity contribution in [1.29, 1.82) is 0 Å². The van der Waals surface area contributed by atoms with E-state index in [0.717, 1.165) is 25.7 Å². The second kappa shape index (κ2) is 15.0. The summed E-state index contributed by atoms with van der Waals surface area (Å²) in [5.74, 6) is -1.19. The molecule has 0 aromatic heterocycles. The monoisotopic (exact) mass is 664 g/mol. The van der Waals surface area contributed by atoms with Crippen LogP contribution in [0.2, 0.25) is 0 Å². The largest absolute Gasteiger partial charge is 0.457 e. The van der Waals surface area contributed by atoms with E-state index < -0.39 is 23.9 Å². The molecule has 12 heteroatoms. The van der Waals surface area contributed by atoms with Crippen LogP contribution in [0.25, 0.3) is 0 Å². The number of hydrogen-bond acceptors (Lipinski definition) is 7. The van der Waals surface area contributed by atoms with Gasteiger partial charge in [-0.1, -0.05) is 19.8 Å². The molecule has 2 aromatic carbocycles. The first-order valence-corrected chi connectivity index (χ1v) is 17.1. The number of halogens is 1. The molecule has 1 N–H and O–H groups in total. The smallest absolute Gasteiger partial charge is 0.254 e. The molecule has 0 unspecified atom stereocenters. The van der Waals surface area contributed by atoms with Crippen LogP contribution in [0.4, 0.5) is 4.39 Å². The first kappa shape index (κ1) is 33.9. The summed E-state index contributed by atoms with van der Waals surface area (Å²) < 4.78 is 32.7. The first-order valence-electron chi connectivity index (χ1n) is 17.1. The second-order valence-electron chi connectivity index (χ2n) is 13.3. The molecule has 11 nitrogen and oxygen atoms in total. The van der Waals surface area contributed by atoms with Crippen LogP contribution < -0.4 is 10.1 Å². The molecule has 0 radical (unpaired) electrons. The fourth-order valence-electron chi connectivity index (χ4n) is 7.31. The minimum absolute atomic E-state index is 0.0220. The Morgan fingerprint density at radius 2 is 1.71 bits per heavy atom. The van der Waals surface area contributed by atoms with E-state index in [1.807, 2.05) is 6.92 Å². The minimum atomic E-state index is -0.541. The van der Waals surface area contributed by atoms with E-state index in [2.05, 4.69) is 5.32 Å². The summed E-state index contributed by atoms with van der Waals surface area (Å²) in [6.45, 7) is 3.64. The van der Waals surface area contributed by atoms with Crippen molar-refractivity contribution in [1.82, 2.24) is 20.0 Å². The Hall–Kier alpha value is -4.03. The Morgan fingerprint density at radius 3 is 2.44 bits per heavy atom. The van der Waals surface area contributed by atoms with Gasteiger partial charge in [-0.15, -0.1) is 0 Å². The van der Waals surface area contributed by atoms with Crippen LogP contribution in [0.5, 0.6) is 11.5 Å². The molecule has 48 heavy (non-hydrogen) atoms. The van der Waals surface area contributed by atoms with Crippen molar-refractivity contribution < 1.29 is 37.8 Å². The Morgan fingerprint density at radius 1 is 0.958 bits per heavy atom. The lowest BCUT2D eigenvalue weighted by atomic mass is 10.0. The Bertz CT molecular complexity index is 1520. The van der Waals surface area contributed by atoms with Gasteiger partial charge < -0.3 is 34.2 Å². The van der Waals surface area contributed by atoms with E-state index in [1.165, 1.54) is 29.2 Å². The number of carbonyl (C=O) groups is 4. The molecule has 2 aromatic rings. The number of benzene rings is 2. The van der Waals surface area contributed by atoms with E-state index in [0.29, 0.717) is 57.5 Å². The van der Waals surface area contributed by atoms with Crippen molar-refractivity contribution in [2.75, 3.05) is 46.4 Å². The number of likely N-dealkylation sites (tertiary alicyclic amines) is 2. The predicted molar refractivity (Wildman–Crippen MR) is 174 cm³/mol. The lowest BCUT2D eigenvalue weighted by Gasteiger charge is -2.31. The Kier molecular flexibility index (Phi) is 10.6. The number of carbonyl (C=O) groups excluding carboxylic acids is 4. The van der Waals surface area contributed by atoms with Gasteiger partial charge in [-0.05, 0) is 68.0 Å². The third-order valence-corrected chi connectivity index (χ3v) is 9.84. The SMILES string of the molecule is CCCN1CC(=O)N[C@@H]2CN(C(=O)C3CCCC3)C[C@H]2OCc2cc(F)cc(c2)Oc2cc(C(=O)N3CCC(OC)CC3)cc(c2)C1=O. The van der Waals surface area contributed by atoms with Crippen LogP contribution in [-0.4, -0.2) is 103 Å². The highest BCUT2D eigenvalue weighted by atomic mass is 19.1. The normalized spacial score (nSPS) is 22.8. The minimum Gasteiger partial charge on any atom is -0.457 e. The number of methoxy groups -OCH3 is 1. The molecule has 2 atom stereocenters. The summed E-state index contributed by atoms with van der Waals surface area (Å²) in [4.78, 5) is 59.5. The van der Waals surface area contributed by atoms with E-state index in [1.54, 1.807) is 29.0 Å². The zero-order valence-corrected chi connectivity index (χ0v) is 27.8. The highest BCUT2D eigenvalue weighted by Gasteiger charge is 2.40. The van der Waals surface area contributed by atoms with Gasteiger partial charge in [-0.3, -0.25) is 19.2 Å². The van der Waals surface area contributed by atoms with Crippen molar-refractivity contribution in [2.45, 2.75) is 76.7 Å². The standard InChI is InChI=1S/C36H45FN4O7/c1-3-10-40-21-33(42)38-31-19-41(34(43)24-6-4-5-7-24)20-32(31)47-22-23-13-27(37)18-29(14-23)48-30-16-25(15-26(17-30)36(40)45)35(44)39-11-8-28(46-2)9-12-39/h13-18,24,28,31-32H,3-12,19-22H2,1-2H3,(H,38,42)/t31-,32-/m1/s1. The van der Waals surface area contributed by atoms with Crippen LogP contribution in [0.15, 0.2) is 36.4 Å². The highest BCUT2D eigenvalue weighted by Crippen LogP contribution is 2.31. The molecule has 1 saturated carbocycles. The molecule has 1 aliphatic carbocycles. The molecule has 0 spiro atoms. The van der Waals surface area contributed by atoms with Gasteiger partial charge in [0.05, 0.1) is 31.4 Å². The molecule has 3 fully saturated rings.